The van der Waals surface area contributed by atoms with Crippen LogP contribution in [0.25, 0.3) is 0 Å². The maximum absolute atomic E-state index is 9.97. The van der Waals surface area contributed by atoms with E-state index in [9.17, 15) is 4.79 Å². The number of carboxylic acids is 1. The van der Waals surface area contributed by atoms with Crippen molar-refractivity contribution in [1.29, 1.82) is 0 Å². The Hall–Kier alpha value is -1.39. The van der Waals surface area contributed by atoms with E-state index < -0.39 is 5.97 Å². The second-order valence-corrected chi connectivity index (χ2v) is 4.79. The summed E-state index contributed by atoms with van der Waals surface area (Å²) in [7, 11) is 0. The van der Waals surface area contributed by atoms with Crippen LogP contribution in [0.2, 0.25) is 0 Å². The van der Waals surface area contributed by atoms with Gasteiger partial charge in [-0.15, -0.1) is 0 Å². The van der Waals surface area contributed by atoms with Crippen LogP contribution in [-0.2, 0) is 11.2 Å². The van der Waals surface area contributed by atoms with E-state index in [-0.39, 0.29) is 18.6 Å². The average Bonchev–Trinajstić information content (AvgIpc) is 3.09. The van der Waals surface area contributed by atoms with Crippen LogP contribution < -0.4 is 5.73 Å². The van der Waals surface area contributed by atoms with E-state index in [0.717, 1.165) is 12.8 Å². The number of aliphatic carboxylic acids is 1. The lowest BCUT2D eigenvalue weighted by molar-refractivity contribution is -0.138. The van der Waals surface area contributed by atoms with Gasteiger partial charge in [-0.3, -0.25) is 4.79 Å². The van der Waals surface area contributed by atoms with Crippen molar-refractivity contribution in [3.05, 3.63) is 35.9 Å². The summed E-state index contributed by atoms with van der Waals surface area (Å²) >= 11 is 0. The third-order valence-electron chi connectivity index (χ3n) is 3.00. The maximum atomic E-state index is 9.97. The molecule has 4 nitrogen and oxygen atoms in total. The van der Waals surface area contributed by atoms with E-state index in [1.807, 2.05) is 37.3 Å². The molecule has 2 rings (SSSR count). The summed E-state index contributed by atoms with van der Waals surface area (Å²) in [5, 5.41) is 16.9. The van der Waals surface area contributed by atoms with Crippen molar-refractivity contribution in [3.63, 3.8) is 0 Å². The molecule has 0 amide bonds. The lowest BCUT2D eigenvalue weighted by Crippen LogP contribution is -2.26. The largest absolute Gasteiger partial charge is 0.481 e. The highest BCUT2D eigenvalue weighted by molar-refractivity contribution is 5.73. The van der Waals surface area contributed by atoms with E-state index in [0.29, 0.717) is 5.92 Å². The second kappa shape index (κ2) is 7.13. The number of benzene rings is 1. The van der Waals surface area contributed by atoms with Gasteiger partial charge in [0.05, 0.1) is 12.5 Å². The molecular formula is C14H21NO3. The Labute approximate surface area is 107 Å². The molecule has 4 N–H and O–H groups in total. The number of nitrogens with two attached hydrogens (primary N) is 1. The molecule has 4 heteroatoms. The van der Waals surface area contributed by atoms with Crippen LogP contribution in [0.5, 0.6) is 0 Å². The number of aliphatic hydroxyl groups excluding tert-OH is 1. The molecule has 1 saturated carbocycles. The van der Waals surface area contributed by atoms with E-state index in [4.69, 9.17) is 15.9 Å². The highest BCUT2D eigenvalue weighted by Crippen LogP contribution is 2.37. The average molecular weight is 251 g/mol. The molecule has 0 radical (unpaired) electrons. The molecule has 1 aromatic rings. The fourth-order valence-electron chi connectivity index (χ4n) is 1.65. The lowest BCUT2D eigenvalue weighted by Gasteiger charge is -2.06. The van der Waals surface area contributed by atoms with Gasteiger partial charge in [0.15, 0.2) is 0 Å². The quantitative estimate of drug-likeness (QED) is 0.752. The Balaban J connectivity index is 0.000000199. The molecule has 1 aliphatic carbocycles. The number of aliphatic hydroxyl groups is 1. The Bertz CT molecular complexity index is 367. The van der Waals surface area contributed by atoms with Crippen molar-refractivity contribution < 1.29 is 15.0 Å². The summed E-state index contributed by atoms with van der Waals surface area (Å²) in [5.74, 6) is -0.204. The van der Waals surface area contributed by atoms with E-state index in [1.54, 1.807) is 0 Å². The van der Waals surface area contributed by atoms with Gasteiger partial charge in [-0.25, -0.2) is 0 Å². The summed E-state index contributed by atoms with van der Waals surface area (Å²) in [6, 6.07) is 9.80. The molecule has 18 heavy (non-hydrogen) atoms. The highest BCUT2D eigenvalue weighted by Gasteiger charge is 2.38. The summed E-state index contributed by atoms with van der Waals surface area (Å²) in [4.78, 5) is 9.97. The molecule has 0 bridgehead atoms. The smallest absolute Gasteiger partial charge is 0.306 e. The molecular weight excluding hydrogens is 230 g/mol. The van der Waals surface area contributed by atoms with Crippen molar-refractivity contribution in [2.45, 2.75) is 25.8 Å². The molecule has 0 heterocycles. The van der Waals surface area contributed by atoms with Gasteiger partial charge >= 0.3 is 5.97 Å². The van der Waals surface area contributed by atoms with Gasteiger partial charge in [-0.1, -0.05) is 37.3 Å². The molecule has 1 fully saturated rings. The topological polar surface area (TPSA) is 83.5 Å². The summed E-state index contributed by atoms with van der Waals surface area (Å²) in [5.41, 5.74) is 6.73. The zero-order valence-electron chi connectivity index (χ0n) is 10.6. The molecule has 1 aliphatic rings. The van der Waals surface area contributed by atoms with Gasteiger partial charge in [0.25, 0.3) is 0 Å². The summed E-state index contributed by atoms with van der Waals surface area (Å²) in [6.07, 6.45) is 1.63. The number of hydrogen-bond donors (Lipinski definition) is 3. The lowest BCUT2D eigenvalue weighted by atomic mass is 10.1. The Morgan fingerprint density at radius 1 is 1.44 bits per heavy atom. The van der Waals surface area contributed by atoms with Crippen LogP contribution in [0.4, 0.5) is 0 Å². The van der Waals surface area contributed by atoms with Crippen LogP contribution in [0.3, 0.4) is 0 Å². The van der Waals surface area contributed by atoms with Crippen molar-refractivity contribution in [2.24, 2.45) is 17.6 Å². The van der Waals surface area contributed by atoms with Crippen LogP contribution in [0.15, 0.2) is 30.3 Å². The fourth-order valence-corrected chi connectivity index (χ4v) is 1.65. The monoisotopic (exact) mass is 251 g/mol. The van der Waals surface area contributed by atoms with Gasteiger partial charge in [-0.2, -0.15) is 0 Å². The molecule has 3 atom stereocenters. The van der Waals surface area contributed by atoms with Crippen molar-refractivity contribution in [2.75, 3.05) is 6.61 Å². The van der Waals surface area contributed by atoms with Crippen LogP contribution >= 0.6 is 0 Å². The third kappa shape index (κ3) is 5.29. The minimum Gasteiger partial charge on any atom is -0.481 e. The molecule has 0 spiro atoms. The number of rotatable bonds is 4. The van der Waals surface area contributed by atoms with E-state index in [2.05, 4.69) is 0 Å². The molecule has 100 valence electrons. The molecule has 0 unspecified atom stereocenters. The number of carboxylic acid groups (broad SMARTS) is 1. The predicted molar refractivity (Wildman–Crippen MR) is 70.1 cm³/mol. The first-order valence-corrected chi connectivity index (χ1v) is 6.17. The standard InChI is InChI=1S/C9H13NO.C5H8O2/c10-9(7-11)6-8-4-2-1-3-5-8;1-3-2-4(3)5(6)7/h1-5,9,11H,6-7,10H2;3-4H,2H2,1H3,(H,6,7)/t9-;3-,4-/m01/s1. The van der Waals surface area contributed by atoms with Gasteiger partial charge < -0.3 is 15.9 Å². The van der Waals surface area contributed by atoms with Gasteiger partial charge in [-0.05, 0) is 24.3 Å². The Kier molecular flexibility index (Phi) is 5.82. The number of carbonyl (C=O) groups is 1. The fraction of sp³-hybridized carbons (Fsp3) is 0.500. The zero-order valence-corrected chi connectivity index (χ0v) is 10.6. The van der Waals surface area contributed by atoms with Crippen molar-refractivity contribution >= 4 is 5.97 Å². The third-order valence-corrected chi connectivity index (χ3v) is 3.00. The van der Waals surface area contributed by atoms with E-state index >= 15 is 0 Å². The SMILES string of the molecule is C[C@@H]1C[C@H]1C(=O)O.N[C@H](CO)Cc1ccccc1. The minimum atomic E-state index is -0.632. The van der Waals surface area contributed by atoms with Gasteiger partial charge in [0, 0.05) is 6.04 Å². The van der Waals surface area contributed by atoms with Crippen LogP contribution in [0.1, 0.15) is 18.9 Å². The van der Waals surface area contributed by atoms with Crippen molar-refractivity contribution in [3.8, 4) is 0 Å². The first-order valence-electron chi connectivity index (χ1n) is 6.17. The first kappa shape index (κ1) is 14.7. The highest BCUT2D eigenvalue weighted by atomic mass is 16.4. The molecule has 0 aromatic heterocycles. The van der Waals surface area contributed by atoms with Crippen LogP contribution in [-0.4, -0.2) is 28.8 Å². The molecule has 0 saturated heterocycles. The first-order chi connectivity index (χ1) is 8.54. The minimum absolute atomic E-state index is 0.0139. The summed E-state index contributed by atoms with van der Waals surface area (Å²) in [6.45, 7) is 2.01. The predicted octanol–water partition coefficient (Wildman–Crippen LogP) is 1.28. The van der Waals surface area contributed by atoms with E-state index in [1.165, 1.54) is 5.56 Å². The Morgan fingerprint density at radius 3 is 2.33 bits per heavy atom. The Morgan fingerprint density at radius 2 is 2.00 bits per heavy atom. The maximum Gasteiger partial charge on any atom is 0.306 e. The number of hydrogen-bond acceptors (Lipinski definition) is 3. The van der Waals surface area contributed by atoms with Crippen molar-refractivity contribution in [1.82, 2.24) is 0 Å². The second-order valence-electron chi connectivity index (χ2n) is 4.79. The van der Waals surface area contributed by atoms with Gasteiger partial charge in [0.1, 0.15) is 0 Å². The zero-order chi connectivity index (χ0) is 13.5. The van der Waals surface area contributed by atoms with Crippen LogP contribution in [0, 0.1) is 11.8 Å². The molecule has 0 aliphatic heterocycles. The summed E-state index contributed by atoms with van der Waals surface area (Å²) < 4.78 is 0. The molecule has 1 aromatic carbocycles. The normalized spacial score (nSPS) is 22.6. The van der Waals surface area contributed by atoms with Gasteiger partial charge in [0.2, 0.25) is 0 Å².